The van der Waals surface area contributed by atoms with Gasteiger partial charge < -0.3 is 15.0 Å². The predicted octanol–water partition coefficient (Wildman–Crippen LogP) is 2.16. The summed E-state index contributed by atoms with van der Waals surface area (Å²) in [5.74, 6) is 2.60. The zero-order chi connectivity index (χ0) is 17.7. The van der Waals surface area contributed by atoms with Gasteiger partial charge in [0, 0.05) is 39.5 Å². The highest BCUT2D eigenvalue weighted by Crippen LogP contribution is 2.20. The average Bonchev–Trinajstić information content (AvgIpc) is 2.97. The van der Waals surface area contributed by atoms with Crippen molar-refractivity contribution in [3.63, 3.8) is 0 Å². The third kappa shape index (κ3) is 6.00. The molecule has 1 atom stereocenters. The molecule has 6 nitrogen and oxygen atoms in total. The summed E-state index contributed by atoms with van der Waals surface area (Å²) in [4.78, 5) is 6.59. The molecule has 0 aliphatic carbocycles. The van der Waals surface area contributed by atoms with Crippen LogP contribution in [0.1, 0.15) is 19.3 Å². The Labute approximate surface area is 173 Å². The van der Waals surface area contributed by atoms with Gasteiger partial charge in [-0.05, 0) is 24.5 Å². The second-order valence-corrected chi connectivity index (χ2v) is 9.04. The number of guanidine groups is 1. The normalized spacial score (nSPS) is 23.3. The monoisotopic (exact) mass is 493 g/mol. The Hall–Kier alpha value is -1.03. The van der Waals surface area contributed by atoms with Crippen molar-refractivity contribution in [2.24, 2.45) is 10.9 Å². The molecule has 1 N–H and O–H groups in total. The van der Waals surface area contributed by atoms with Crippen molar-refractivity contribution in [2.45, 2.75) is 25.4 Å². The molecule has 0 saturated carbocycles. The van der Waals surface area contributed by atoms with Crippen molar-refractivity contribution in [1.29, 1.82) is 0 Å². The van der Waals surface area contributed by atoms with E-state index in [1.807, 2.05) is 30.3 Å². The number of likely N-dealkylation sites (tertiary alicyclic amines) is 1. The average molecular weight is 493 g/mol. The maximum absolute atomic E-state index is 11.6. The van der Waals surface area contributed by atoms with Gasteiger partial charge in [-0.25, -0.2) is 8.42 Å². The van der Waals surface area contributed by atoms with Crippen LogP contribution in [0.25, 0.3) is 0 Å². The fourth-order valence-corrected chi connectivity index (χ4v) is 5.34. The van der Waals surface area contributed by atoms with Crippen molar-refractivity contribution in [3.05, 3.63) is 30.3 Å². The second-order valence-electron chi connectivity index (χ2n) is 6.81. The maximum Gasteiger partial charge on any atom is 0.193 e. The number of sulfone groups is 1. The molecule has 2 aliphatic heterocycles. The van der Waals surface area contributed by atoms with Crippen LogP contribution < -0.4 is 10.1 Å². The van der Waals surface area contributed by atoms with Gasteiger partial charge in [0.2, 0.25) is 0 Å². The van der Waals surface area contributed by atoms with Crippen LogP contribution >= 0.6 is 24.0 Å². The second kappa shape index (κ2) is 9.77. The molecule has 3 rings (SSSR count). The van der Waals surface area contributed by atoms with Crippen LogP contribution in [0.5, 0.6) is 5.75 Å². The number of hydrogen-bond acceptors (Lipinski definition) is 4. The van der Waals surface area contributed by atoms with E-state index in [2.05, 4.69) is 15.2 Å². The van der Waals surface area contributed by atoms with E-state index in [0.717, 1.165) is 44.1 Å². The summed E-state index contributed by atoms with van der Waals surface area (Å²) >= 11 is 0. The molecule has 0 aromatic heterocycles. The van der Waals surface area contributed by atoms with Crippen LogP contribution in [-0.4, -0.2) is 63.6 Å². The number of nitrogens with one attached hydrogen (secondary N) is 1. The molecule has 0 bridgehead atoms. The lowest BCUT2D eigenvalue weighted by Crippen LogP contribution is -2.48. The van der Waals surface area contributed by atoms with E-state index < -0.39 is 9.84 Å². The van der Waals surface area contributed by atoms with Gasteiger partial charge in [-0.2, -0.15) is 0 Å². The van der Waals surface area contributed by atoms with Crippen molar-refractivity contribution in [2.75, 3.05) is 38.2 Å². The van der Waals surface area contributed by atoms with Gasteiger partial charge in [0.25, 0.3) is 0 Å². The van der Waals surface area contributed by atoms with Crippen molar-refractivity contribution in [1.82, 2.24) is 10.2 Å². The minimum atomic E-state index is -2.82. The minimum Gasteiger partial charge on any atom is -0.490 e. The van der Waals surface area contributed by atoms with E-state index in [-0.39, 0.29) is 36.0 Å². The quantitative estimate of drug-likeness (QED) is 0.396. The predicted molar refractivity (Wildman–Crippen MR) is 115 cm³/mol. The molecule has 0 spiro atoms. The van der Waals surface area contributed by atoms with Gasteiger partial charge in [0.05, 0.1) is 11.5 Å². The van der Waals surface area contributed by atoms with E-state index in [1.54, 1.807) is 7.05 Å². The Morgan fingerprint density at radius 1 is 1.23 bits per heavy atom. The zero-order valence-electron chi connectivity index (χ0n) is 15.1. The molecular weight excluding hydrogens is 465 g/mol. The topological polar surface area (TPSA) is 71.0 Å². The number of piperidine rings is 1. The van der Waals surface area contributed by atoms with Crippen molar-refractivity contribution >= 4 is 39.8 Å². The fourth-order valence-electron chi connectivity index (χ4n) is 3.48. The molecule has 2 fully saturated rings. The Morgan fingerprint density at radius 3 is 2.50 bits per heavy atom. The number of rotatable bonds is 4. The van der Waals surface area contributed by atoms with Crippen LogP contribution in [0.3, 0.4) is 0 Å². The van der Waals surface area contributed by atoms with Crippen LogP contribution in [0, 0.1) is 5.92 Å². The lowest BCUT2D eigenvalue weighted by Gasteiger charge is -2.34. The van der Waals surface area contributed by atoms with E-state index in [1.165, 1.54) is 0 Å². The molecule has 0 radical (unpaired) electrons. The summed E-state index contributed by atoms with van der Waals surface area (Å²) < 4.78 is 29.1. The number of hydrogen-bond donors (Lipinski definition) is 1. The standard InChI is InChI=1S/C18H27N3O3S.HI/c1-19-18(20-13-15-9-12-25(22,23)14-15)21-10-7-17(8-11-21)24-16-5-3-2-4-6-16;/h2-6,15,17H,7-14H2,1H3,(H,19,20);1H. The van der Waals surface area contributed by atoms with E-state index in [4.69, 9.17) is 4.74 Å². The first-order chi connectivity index (χ1) is 12.1. The number of para-hydroxylation sites is 1. The molecule has 2 aliphatic rings. The van der Waals surface area contributed by atoms with Gasteiger partial charge in [0.15, 0.2) is 15.8 Å². The van der Waals surface area contributed by atoms with E-state index >= 15 is 0 Å². The van der Waals surface area contributed by atoms with Crippen LogP contribution in [0.4, 0.5) is 0 Å². The SMILES string of the molecule is CN=C(NCC1CCS(=O)(=O)C1)N1CCC(Oc2ccccc2)CC1.I. The zero-order valence-corrected chi connectivity index (χ0v) is 18.3. The third-order valence-electron chi connectivity index (χ3n) is 4.87. The first-order valence-electron chi connectivity index (χ1n) is 8.93. The van der Waals surface area contributed by atoms with Gasteiger partial charge in [-0.15, -0.1) is 24.0 Å². The summed E-state index contributed by atoms with van der Waals surface area (Å²) in [6.07, 6.45) is 2.89. The Balaban J connectivity index is 0.00000243. The molecular formula is C18H28IN3O3S. The van der Waals surface area contributed by atoms with Gasteiger partial charge in [-0.3, -0.25) is 4.99 Å². The maximum atomic E-state index is 11.6. The lowest BCUT2D eigenvalue weighted by atomic mass is 10.1. The number of nitrogens with zero attached hydrogens (tertiary/aromatic N) is 2. The first kappa shape index (κ1) is 21.3. The van der Waals surface area contributed by atoms with Gasteiger partial charge >= 0.3 is 0 Å². The Bertz CT molecular complexity index is 689. The highest BCUT2D eigenvalue weighted by atomic mass is 127. The Morgan fingerprint density at radius 2 is 1.92 bits per heavy atom. The summed E-state index contributed by atoms with van der Waals surface area (Å²) in [6.45, 7) is 2.45. The smallest absolute Gasteiger partial charge is 0.193 e. The Kier molecular flexibility index (Phi) is 8.00. The van der Waals surface area contributed by atoms with Crippen LogP contribution in [0.15, 0.2) is 35.3 Å². The van der Waals surface area contributed by atoms with Gasteiger partial charge in [-0.1, -0.05) is 18.2 Å². The summed E-state index contributed by atoms with van der Waals surface area (Å²) in [7, 11) is -1.04. The molecule has 2 heterocycles. The molecule has 1 aromatic rings. The number of benzene rings is 1. The minimum absolute atomic E-state index is 0. The van der Waals surface area contributed by atoms with E-state index in [0.29, 0.717) is 18.1 Å². The summed E-state index contributed by atoms with van der Waals surface area (Å²) in [5.41, 5.74) is 0. The number of aliphatic imine (C=N–C) groups is 1. The number of halogens is 1. The largest absolute Gasteiger partial charge is 0.490 e. The molecule has 0 amide bonds. The molecule has 2 saturated heterocycles. The third-order valence-corrected chi connectivity index (χ3v) is 6.71. The van der Waals surface area contributed by atoms with Crippen molar-refractivity contribution < 1.29 is 13.2 Å². The molecule has 26 heavy (non-hydrogen) atoms. The van der Waals surface area contributed by atoms with Crippen LogP contribution in [-0.2, 0) is 9.84 Å². The van der Waals surface area contributed by atoms with Crippen molar-refractivity contribution in [3.8, 4) is 5.75 Å². The fraction of sp³-hybridized carbons (Fsp3) is 0.611. The molecule has 1 aromatic carbocycles. The molecule has 146 valence electrons. The summed E-state index contributed by atoms with van der Waals surface area (Å²) in [5, 5.41) is 3.35. The van der Waals surface area contributed by atoms with Gasteiger partial charge in [0.1, 0.15) is 11.9 Å². The van der Waals surface area contributed by atoms with Crippen LogP contribution in [0.2, 0.25) is 0 Å². The lowest BCUT2D eigenvalue weighted by molar-refractivity contribution is 0.129. The molecule has 1 unspecified atom stereocenters. The number of ether oxygens (including phenoxy) is 1. The highest BCUT2D eigenvalue weighted by Gasteiger charge is 2.28. The first-order valence-corrected chi connectivity index (χ1v) is 10.8. The molecule has 8 heteroatoms. The highest BCUT2D eigenvalue weighted by molar-refractivity contribution is 14.0. The summed E-state index contributed by atoms with van der Waals surface area (Å²) in [6, 6.07) is 9.94. The van der Waals surface area contributed by atoms with E-state index in [9.17, 15) is 8.42 Å².